The molecule has 15 heavy (non-hydrogen) atoms. The first-order chi connectivity index (χ1) is 6.75. The van der Waals surface area contributed by atoms with Crippen molar-refractivity contribution in [1.29, 1.82) is 0 Å². The number of benzene rings is 1. The summed E-state index contributed by atoms with van der Waals surface area (Å²) >= 11 is 5.25. The Balaban J connectivity index is 3.49. The van der Waals surface area contributed by atoms with Crippen molar-refractivity contribution in [2.45, 2.75) is 6.18 Å². The van der Waals surface area contributed by atoms with E-state index in [4.69, 9.17) is 17.3 Å². The molecule has 0 amide bonds. The van der Waals surface area contributed by atoms with E-state index in [1.54, 1.807) is 0 Å². The van der Waals surface area contributed by atoms with E-state index < -0.39 is 33.1 Å². The summed E-state index contributed by atoms with van der Waals surface area (Å²) in [6.45, 7) is 0. The van der Waals surface area contributed by atoms with Crippen molar-refractivity contribution < 1.29 is 18.1 Å². The number of hydrogen-bond acceptors (Lipinski definition) is 3. The smallest absolute Gasteiger partial charge is 0.393 e. The Hall–Kier alpha value is -1.50. The maximum Gasteiger partial charge on any atom is 0.418 e. The average molecular weight is 241 g/mol. The van der Waals surface area contributed by atoms with Crippen molar-refractivity contribution in [2.24, 2.45) is 0 Å². The Kier molecular flexibility index (Phi) is 2.76. The van der Waals surface area contributed by atoms with Gasteiger partial charge >= 0.3 is 11.9 Å². The molecule has 0 aromatic heterocycles. The Bertz CT molecular complexity index is 419. The highest BCUT2D eigenvalue weighted by atomic mass is 35.5. The van der Waals surface area contributed by atoms with Crippen molar-refractivity contribution in [3.8, 4) is 0 Å². The van der Waals surface area contributed by atoms with Gasteiger partial charge in [-0.1, -0.05) is 11.6 Å². The third-order valence-corrected chi connectivity index (χ3v) is 2.02. The highest BCUT2D eigenvalue weighted by molar-refractivity contribution is 6.34. The van der Waals surface area contributed by atoms with Crippen LogP contribution in [0.2, 0.25) is 5.02 Å². The van der Waals surface area contributed by atoms with E-state index in [0.29, 0.717) is 6.07 Å². The molecular weight excluding hydrogens is 237 g/mol. The van der Waals surface area contributed by atoms with Crippen LogP contribution in [0.1, 0.15) is 5.56 Å². The molecule has 0 saturated heterocycles. The Morgan fingerprint density at radius 3 is 2.33 bits per heavy atom. The summed E-state index contributed by atoms with van der Waals surface area (Å²) in [5.41, 5.74) is 2.54. The molecule has 4 nitrogen and oxygen atoms in total. The number of anilines is 1. The number of hydrogen-bond donors (Lipinski definition) is 1. The molecule has 1 rings (SSSR count). The number of nitrogens with zero attached hydrogens (tertiary/aromatic N) is 1. The average Bonchev–Trinajstić information content (AvgIpc) is 2.00. The fourth-order valence-corrected chi connectivity index (χ4v) is 1.33. The summed E-state index contributed by atoms with van der Waals surface area (Å²) in [4.78, 5) is 9.35. The lowest BCUT2D eigenvalue weighted by atomic mass is 10.1. The first-order valence-corrected chi connectivity index (χ1v) is 3.92. The van der Waals surface area contributed by atoms with Crippen LogP contribution in [0.5, 0.6) is 0 Å². The quantitative estimate of drug-likeness (QED) is 0.466. The third kappa shape index (κ3) is 2.12. The van der Waals surface area contributed by atoms with Gasteiger partial charge in [-0.2, -0.15) is 13.2 Å². The van der Waals surface area contributed by atoms with Crippen LogP contribution in [0.3, 0.4) is 0 Å². The van der Waals surface area contributed by atoms with Crippen LogP contribution < -0.4 is 5.73 Å². The lowest BCUT2D eigenvalue weighted by Crippen LogP contribution is -2.08. The Labute approximate surface area is 86.6 Å². The van der Waals surface area contributed by atoms with E-state index in [1.165, 1.54) is 0 Å². The van der Waals surface area contributed by atoms with Gasteiger partial charge in [-0.25, -0.2) is 0 Å². The molecule has 0 aliphatic carbocycles. The summed E-state index contributed by atoms with van der Waals surface area (Å²) < 4.78 is 36.8. The number of nitro benzene ring substituents is 1. The lowest BCUT2D eigenvalue weighted by molar-refractivity contribution is -0.384. The van der Waals surface area contributed by atoms with Crippen LogP contribution >= 0.6 is 11.6 Å². The van der Waals surface area contributed by atoms with Gasteiger partial charge in [0.25, 0.3) is 0 Å². The number of nitrogens with two attached hydrogens (primary N) is 1. The van der Waals surface area contributed by atoms with Gasteiger partial charge in [-0.05, 0) is 12.1 Å². The topological polar surface area (TPSA) is 69.2 Å². The fraction of sp³-hybridized carbons (Fsp3) is 0.143. The summed E-state index contributed by atoms with van der Waals surface area (Å²) in [5, 5.41) is 9.40. The van der Waals surface area contributed by atoms with Crippen molar-refractivity contribution >= 4 is 23.0 Å². The second kappa shape index (κ2) is 3.58. The zero-order valence-corrected chi connectivity index (χ0v) is 7.76. The van der Waals surface area contributed by atoms with Crippen molar-refractivity contribution in [2.75, 3.05) is 5.73 Å². The first-order valence-electron chi connectivity index (χ1n) is 3.54. The minimum absolute atomic E-state index is 0.405. The molecule has 0 heterocycles. The maximum atomic E-state index is 12.3. The molecule has 0 bridgehead atoms. The van der Waals surface area contributed by atoms with E-state index in [1.807, 2.05) is 0 Å². The van der Waals surface area contributed by atoms with Gasteiger partial charge in [-0.15, -0.1) is 0 Å². The Morgan fingerprint density at radius 2 is 1.93 bits per heavy atom. The molecule has 0 spiro atoms. The van der Waals surface area contributed by atoms with Crippen LogP contribution in [0, 0.1) is 10.1 Å². The summed E-state index contributed by atoms with van der Waals surface area (Å²) in [7, 11) is 0. The zero-order chi connectivity index (χ0) is 11.8. The van der Waals surface area contributed by atoms with E-state index in [9.17, 15) is 23.3 Å². The number of rotatable bonds is 1. The van der Waals surface area contributed by atoms with E-state index in [0.717, 1.165) is 6.07 Å². The minimum Gasteiger partial charge on any atom is -0.393 e. The molecule has 0 aliphatic heterocycles. The highest BCUT2D eigenvalue weighted by Crippen LogP contribution is 2.41. The summed E-state index contributed by atoms with van der Waals surface area (Å²) in [6.07, 6.45) is -4.74. The second-order valence-electron chi connectivity index (χ2n) is 2.62. The van der Waals surface area contributed by atoms with Gasteiger partial charge in [0.2, 0.25) is 0 Å². The van der Waals surface area contributed by atoms with Crippen LogP contribution in [-0.4, -0.2) is 4.92 Å². The fourth-order valence-electron chi connectivity index (χ4n) is 0.984. The van der Waals surface area contributed by atoms with E-state index in [-0.39, 0.29) is 0 Å². The van der Waals surface area contributed by atoms with Crippen molar-refractivity contribution in [1.82, 2.24) is 0 Å². The normalized spacial score (nSPS) is 11.5. The molecule has 8 heteroatoms. The third-order valence-electron chi connectivity index (χ3n) is 1.64. The van der Waals surface area contributed by atoms with Crippen LogP contribution in [0.15, 0.2) is 12.1 Å². The molecule has 0 radical (unpaired) electrons. The van der Waals surface area contributed by atoms with Gasteiger partial charge in [0.05, 0.1) is 10.5 Å². The van der Waals surface area contributed by atoms with Crippen molar-refractivity contribution in [3.63, 3.8) is 0 Å². The summed E-state index contributed by atoms with van der Waals surface area (Å²) in [5.74, 6) is 0. The zero-order valence-electron chi connectivity index (χ0n) is 7.01. The number of nitrogen functional groups attached to an aromatic ring is 1. The minimum atomic E-state index is -4.74. The molecule has 0 fully saturated rings. The highest BCUT2D eigenvalue weighted by Gasteiger charge is 2.37. The first kappa shape index (κ1) is 11.6. The van der Waals surface area contributed by atoms with Crippen LogP contribution in [0.4, 0.5) is 24.5 Å². The molecule has 2 N–H and O–H groups in total. The molecule has 1 aromatic carbocycles. The molecule has 82 valence electrons. The van der Waals surface area contributed by atoms with Crippen LogP contribution in [-0.2, 0) is 6.18 Å². The molecule has 1 aromatic rings. The predicted octanol–water partition coefficient (Wildman–Crippen LogP) is 2.85. The molecular formula is C7H4ClF3N2O2. The number of halogens is 4. The largest absolute Gasteiger partial charge is 0.418 e. The SMILES string of the molecule is Nc1ccc(C(F)(F)F)c(Cl)c1[N+](=O)[O-]. The lowest BCUT2D eigenvalue weighted by Gasteiger charge is -2.09. The maximum absolute atomic E-state index is 12.3. The van der Waals surface area contributed by atoms with Gasteiger partial charge in [0.15, 0.2) is 0 Å². The monoisotopic (exact) mass is 240 g/mol. The van der Waals surface area contributed by atoms with Crippen LogP contribution in [0.25, 0.3) is 0 Å². The van der Waals surface area contributed by atoms with Crippen molar-refractivity contribution in [3.05, 3.63) is 32.8 Å². The molecule has 0 atom stereocenters. The molecule has 0 saturated carbocycles. The molecule has 0 aliphatic rings. The standard InChI is InChI=1S/C7H4ClF3N2O2/c8-5-3(7(9,10)11)1-2-4(12)6(5)13(14)15/h1-2H,12H2. The number of alkyl halides is 3. The predicted molar refractivity (Wildman–Crippen MR) is 47.5 cm³/mol. The van der Waals surface area contributed by atoms with Gasteiger partial charge in [0, 0.05) is 0 Å². The summed E-state index contributed by atoms with van der Waals surface area (Å²) in [6, 6.07) is 1.40. The van der Waals surface area contributed by atoms with E-state index >= 15 is 0 Å². The van der Waals surface area contributed by atoms with Gasteiger partial charge < -0.3 is 5.73 Å². The number of nitro groups is 1. The Morgan fingerprint density at radius 1 is 1.40 bits per heavy atom. The van der Waals surface area contributed by atoms with E-state index in [2.05, 4.69) is 0 Å². The van der Waals surface area contributed by atoms with Gasteiger partial charge in [-0.3, -0.25) is 10.1 Å². The van der Waals surface area contributed by atoms with Gasteiger partial charge in [0.1, 0.15) is 10.7 Å². The second-order valence-corrected chi connectivity index (χ2v) is 3.00. The molecule has 0 unspecified atom stereocenters.